The molecule has 0 aromatic heterocycles. The van der Waals surface area contributed by atoms with Crippen LogP contribution in [0, 0.1) is 0 Å². The first-order valence-electron chi connectivity index (χ1n) is 6.56. The first-order chi connectivity index (χ1) is 11.0. The first kappa shape index (κ1) is 16.1. The van der Waals surface area contributed by atoms with Crippen LogP contribution in [-0.2, 0) is 6.42 Å². The summed E-state index contributed by atoms with van der Waals surface area (Å²) in [4.78, 5) is 43.8. The number of benzene rings is 2. The van der Waals surface area contributed by atoms with Gasteiger partial charge in [-0.25, -0.2) is 0 Å². The van der Waals surface area contributed by atoms with Crippen LogP contribution in [0.5, 0.6) is 11.5 Å². The van der Waals surface area contributed by atoms with Gasteiger partial charge in [0.15, 0.2) is 25.1 Å². The van der Waals surface area contributed by atoms with Crippen molar-refractivity contribution < 1.29 is 29.4 Å². The second-order valence-corrected chi connectivity index (χ2v) is 4.89. The summed E-state index contributed by atoms with van der Waals surface area (Å²) in [5.41, 5.74) is 0.936. The fourth-order valence-electron chi connectivity index (χ4n) is 2.29. The van der Waals surface area contributed by atoms with Gasteiger partial charge in [-0.05, 0) is 41.8 Å². The lowest BCUT2D eigenvalue weighted by atomic mass is 9.96. The molecule has 0 aliphatic heterocycles. The van der Waals surface area contributed by atoms with E-state index in [9.17, 15) is 29.4 Å². The molecule has 0 spiro atoms. The minimum absolute atomic E-state index is 0.0328. The van der Waals surface area contributed by atoms with Gasteiger partial charge in [0.05, 0.1) is 22.3 Å². The number of aromatic hydroxyl groups is 2. The normalized spacial score (nSPS) is 10.1. The van der Waals surface area contributed by atoms with Gasteiger partial charge in [0, 0.05) is 0 Å². The molecule has 6 heteroatoms. The maximum Gasteiger partial charge on any atom is 0.153 e. The summed E-state index contributed by atoms with van der Waals surface area (Å²) >= 11 is 0. The van der Waals surface area contributed by atoms with Crippen molar-refractivity contribution in [2.45, 2.75) is 6.42 Å². The molecule has 2 rings (SSSR count). The van der Waals surface area contributed by atoms with Gasteiger partial charge in [-0.15, -0.1) is 0 Å². The molecule has 0 fully saturated rings. The van der Waals surface area contributed by atoms with E-state index in [-0.39, 0.29) is 28.7 Å². The zero-order valence-corrected chi connectivity index (χ0v) is 11.9. The zero-order chi connectivity index (χ0) is 17.0. The maximum atomic E-state index is 10.9. The number of carbonyl (C=O) groups is 4. The van der Waals surface area contributed by atoms with Crippen LogP contribution in [0.4, 0.5) is 0 Å². The summed E-state index contributed by atoms with van der Waals surface area (Å²) in [5, 5.41) is 19.4. The minimum Gasteiger partial charge on any atom is -0.506 e. The highest BCUT2D eigenvalue weighted by atomic mass is 16.3. The predicted octanol–water partition coefficient (Wildman–Crippen LogP) is 1.94. The molecule has 23 heavy (non-hydrogen) atoms. The standard InChI is InChI=1S/C17H12O6/c18-6-12-2-10(3-13(7-19)16(12)22)1-11-4-14(8-20)17(23)15(5-11)9-21/h2-9,22-23H,1H2. The summed E-state index contributed by atoms with van der Waals surface area (Å²) in [7, 11) is 0. The largest absolute Gasteiger partial charge is 0.506 e. The highest BCUT2D eigenvalue weighted by Crippen LogP contribution is 2.26. The molecule has 2 aromatic rings. The molecule has 0 saturated heterocycles. The van der Waals surface area contributed by atoms with Crippen molar-refractivity contribution in [3.63, 3.8) is 0 Å². The number of hydrogen-bond donors (Lipinski definition) is 2. The molecule has 2 aromatic carbocycles. The Morgan fingerprint density at radius 2 is 0.870 bits per heavy atom. The summed E-state index contributed by atoms with van der Waals surface area (Å²) < 4.78 is 0. The summed E-state index contributed by atoms with van der Waals surface area (Å²) in [6.45, 7) is 0. The number of aldehydes is 4. The Kier molecular flexibility index (Phi) is 4.66. The van der Waals surface area contributed by atoms with Gasteiger partial charge in [0.2, 0.25) is 0 Å². The van der Waals surface area contributed by atoms with Crippen molar-refractivity contribution in [3.05, 3.63) is 57.6 Å². The Bertz CT molecular complexity index is 681. The fourth-order valence-corrected chi connectivity index (χ4v) is 2.29. The van der Waals surface area contributed by atoms with E-state index in [1.807, 2.05) is 0 Å². The molecule has 2 N–H and O–H groups in total. The predicted molar refractivity (Wildman–Crippen MR) is 80.6 cm³/mol. The molecule has 0 aliphatic carbocycles. The molecule has 0 radical (unpaired) electrons. The lowest BCUT2D eigenvalue weighted by Gasteiger charge is -2.09. The van der Waals surface area contributed by atoms with Crippen LogP contribution < -0.4 is 0 Å². The number of carbonyl (C=O) groups excluding carboxylic acids is 4. The molecule has 0 amide bonds. The monoisotopic (exact) mass is 312 g/mol. The van der Waals surface area contributed by atoms with E-state index in [0.717, 1.165) is 0 Å². The van der Waals surface area contributed by atoms with Gasteiger partial charge in [0.25, 0.3) is 0 Å². The minimum atomic E-state index is -0.397. The second kappa shape index (κ2) is 6.65. The number of hydrogen-bond acceptors (Lipinski definition) is 6. The fraction of sp³-hybridized carbons (Fsp3) is 0.0588. The molecule has 0 saturated carbocycles. The van der Waals surface area contributed by atoms with E-state index in [2.05, 4.69) is 0 Å². The van der Waals surface area contributed by atoms with Gasteiger partial charge in [-0.1, -0.05) is 0 Å². The Hall–Kier alpha value is -3.28. The van der Waals surface area contributed by atoms with E-state index >= 15 is 0 Å². The third-order valence-electron chi connectivity index (χ3n) is 3.37. The smallest absolute Gasteiger partial charge is 0.153 e. The SMILES string of the molecule is O=Cc1cc(Cc2cc(C=O)c(O)c(C=O)c2)cc(C=O)c1O. The van der Waals surface area contributed by atoms with Crippen LogP contribution in [0.2, 0.25) is 0 Å². The van der Waals surface area contributed by atoms with E-state index < -0.39 is 11.5 Å². The van der Waals surface area contributed by atoms with Crippen LogP contribution in [0.1, 0.15) is 52.6 Å². The highest BCUT2D eigenvalue weighted by molar-refractivity contribution is 5.90. The van der Waals surface area contributed by atoms with E-state index in [4.69, 9.17) is 0 Å². The second-order valence-electron chi connectivity index (χ2n) is 4.89. The van der Waals surface area contributed by atoms with Crippen LogP contribution >= 0.6 is 0 Å². The van der Waals surface area contributed by atoms with Gasteiger partial charge < -0.3 is 10.2 Å². The van der Waals surface area contributed by atoms with Crippen LogP contribution in [0.15, 0.2) is 24.3 Å². The van der Waals surface area contributed by atoms with E-state index in [1.165, 1.54) is 24.3 Å². The van der Waals surface area contributed by atoms with Gasteiger partial charge >= 0.3 is 0 Å². The lowest BCUT2D eigenvalue weighted by molar-refractivity contribution is 0.110. The van der Waals surface area contributed by atoms with Crippen molar-refractivity contribution >= 4 is 25.1 Å². The maximum absolute atomic E-state index is 10.9. The van der Waals surface area contributed by atoms with Crippen molar-refractivity contribution in [2.24, 2.45) is 0 Å². The zero-order valence-electron chi connectivity index (χ0n) is 11.9. The van der Waals surface area contributed by atoms with Crippen LogP contribution in [0.3, 0.4) is 0 Å². The molecule has 0 unspecified atom stereocenters. The molecular weight excluding hydrogens is 300 g/mol. The molecule has 0 bridgehead atoms. The van der Waals surface area contributed by atoms with Crippen LogP contribution in [0.25, 0.3) is 0 Å². The topological polar surface area (TPSA) is 109 Å². The summed E-state index contributed by atoms with van der Waals surface area (Å²) in [6, 6.07) is 5.62. The molecule has 6 nitrogen and oxygen atoms in total. The molecule has 0 atom stereocenters. The molecular formula is C17H12O6. The van der Waals surface area contributed by atoms with Crippen molar-refractivity contribution in [2.75, 3.05) is 0 Å². The van der Waals surface area contributed by atoms with E-state index in [1.54, 1.807) is 0 Å². The lowest BCUT2D eigenvalue weighted by Crippen LogP contribution is -1.98. The number of phenols is 2. The molecule has 0 aliphatic rings. The highest BCUT2D eigenvalue weighted by Gasteiger charge is 2.12. The average molecular weight is 312 g/mol. The van der Waals surface area contributed by atoms with Crippen LogP contribution in [-0.4, -0.2) is 35.4 Å². The Balaban J connectivity index is 2.51. The van der Waals surface area contributed by atoms with Gasteiger partial charge in [0.1, 0.15) is 11.5 Å². The first-order valence-corrected chi connectivity index (χ1v) is 6.56. The summed E-state index contributed by atoms with van der Waals surface area (Å²) in [5.74, 6) is -0.793. The Morgan fingerprint density at radius 1 is 0.609 bits per heavy atom. The third kappa shape index (κ3) is 3.16. The third-order valence-corrected chi connectivity index (χ3v) is 3.37. The van der Waals surface area contributed by atoms with Gasteiger partial charge in [-0.3, -0.25) is 19.2 Å². The van der Waals surface area contributed by atoms with Crippen molar-refractivity contribution in [3.8, 4) is 11.5 Å². The quantitative estimate of drug-likeness (QED) is 0.789. The molecule has 0 heterocycles. The number of phenolic OH excluding ortho intramolecular Hbond substituents is 2. The van der Waals surface area contributed by atoms with Crippen molar-refractivity contribution in [1.82, 2.24) is 0 Å². The Morgan fingerprint density at radius 3 is 1.09 bits per heavy atom. The average Bonchev–Trinajstić information content (AvgIpc) is 2.57. The number of rotatable bonds is 6. The molecule has 116 valence electrons. The summed E-state index contributed by atoms with van der Waals surface area (Å²) in [6.07, 6.45) is 1.91. The Labute approximate surface area is 131 Å². The van der Waals surface area contributed by atoms with Gasteiger partial charge in [-0.2, -0.15) is 0 Å². The van der Waals surface area contributed by atoms with E-state index in [0.29, 0.717) is 36.3 Å². The van der Waals surface area contributed by atoms with Crippen molar-refractivity contribution in [1.29, 1.82) is 0 Å².